The van der Waals surface area contributed by atoms with Gasteiger partial charge in [0.2, 0.25) is 4.77 Å². The minimum absolute atomic E-state index is 0.424. The summed E-state index contributed by atoms with van der Waals surface area (Å²) in [5.74, 6) is 2.05. The zero-order valence-electron chi connectivity index (χ0n) is 14.3. The predicted octanol–water partition coefficient (Wildman–Crippen LogP) is 4.50. The third-order valence-electron chi connectivity index (χ3n) is 3.55. The molecule has 0 amide bonds. The second kappa shape index (κ2) is 8.45. The molecule has 1 heterocycles. The van der Waals surface area contributed by atoms with E-state index in [2.05, 4.69) is 37.9 Å². The number of ether oxygens (including phenoxy) is 2. The lowest BCUT2D eigenvalue weighted by atomic mass is 10.2. The Kier molecular flexibility index (Phi) is 6.04. The summed E-state index contributed by atoms with van der Waals surface area (Å²) in [5, 5.41) is 11.6. The molecule has 0 bridgehead atoms. The summed E-state index contributed by atoms with van der Waals surface area (Å²) in [7, 11) is 1.62. The Balaban J connectivity index is 1.98. The molecule has 134 valence electrons. The number of aromatic nitrogens is 3. The van der Waals surface area contributed by atoms with Gasteiger partial charge in [-0.1, -0.05) is 30.3 Å². The molecule has 2 aromatic carbocycles. The number of nitrogens with one attached hydrogen (secondary N) is 1. The number of aromatic amines is 1. The van der Waals surface area contributed by atoms with E-state index in [0.29, 0.717) is 23.0 Å². The molecule has 26 heavy (non-hydrogen) atoms. The molecule has 0 unspecified atom stereocenters. The van der Waals surface area contributed by atoms with Crippen molar-refractivity contribution in [2.75, 3.05) is 13.7 Å². The van der Waals surface area contributed by atoms with Gasteiger partial charge in [-0.05, 0) is 59.4 Å². The smallest absolute Gasteiger partial charge is 0.216 e. The van der Waals surface area contributed by atoms with Crippen LogP contribution in [0, 0.1) is 8.34 Å². The van der Waals surface area contributed by atoms with Crippen LogP contribution in [0.1, 0.15) is 12.5 Å². The first-order valence-corrected chi connectivity index (χ1v) is 9.40. The van der Waals surface area contributed by atoms with Crippen molar-refractivity contribution < 1.29 is 9.47 Å². The molecule has 0 aliphatic heterocycles. The number of H-pyrrole nitrogens is 1. The molecule has 0 saturated carbocycles. The van der Waals surface area contributed by atoms with Gasteiger partial charge in [0.1, 0.15) is 0 Å². The van der Waals surface area contributed by atoms with Gasteiger partial charge in [-0.2, -0.15) is 14.9 Å². The number of halogens is 1. The number of rotatable bonds is 6. The van der Waals surface area contributed by atoms with Crippen molar-refractivity contribution in [3.05, 3.63) is 56.4 Å². The number of hydrogen-bond donors (Lipinski definition) is 1. The van der Waals surface area contributed by atoms with Crippen LogP contribution in [0.15, 0.2) is 47.6 Å². The van der Waals surface area contributed by atoms with E-state index in [1.54, 1.807) is 18.0 Å². The van der Waals surface area contributed by atoms with Gasteiger partial charge in [-0.25, -0.2) is 5.10 Å². The van der Waals surface area contributed by atoms with E-state index in [4.69, 9.17) is 21.7 Å². The third-order valence-corrected chi connectivity index (χ3v) is 4.61. The highest BCUT2D eigenvalue weighted by Gasteiger charge is 2.11. The first kappa shape index (κ1) is 18.6. The zero-order valence-corrected chi connectivity index (χ0v) is 17.2. The molecule has 0 radical (unpaired) electrons. The van der Waals surface area contributed by atoms with Crippen LogP contribution in [0.25, 0.3) is 11.4 Å². The van der Waals surface area contributed by atoms with Gasteiger partial charge in [0.05, 0.1) is 23.5 Å². The second-order valence-electron chi connectivity index (χ2n) is 5.24. The fourth-order valence-corrected chi connectivity index (χ4v) is 3.36. The van der Waals surface area contributed by atoms with E-state index in [1.165, 1.54) is 0 Å². The molecule has 1 N–H and O–H groups in total. The van der Waals surface area contributed by atoms with Gasteiger partial charge in [-0.3, -0.25) is 0 Å². The van der Waals surface area contributed by atoms with Gasteiger partial charge >= 0.3 is 0 Å². The van der Waals surface area contributed by atoms with E-state index >= 15 is 0 Å². The van der Waals surface area contributed by atoms with Crippen molar-refractivity contribution in [2.24, 2.45) is 5.10 Å². The summed E-state index contributed by atoms with van der Waals surface area (Å²) in [6.07, 6.45) is 1.72. The summed E-state index contributed by atoms with van der Waals surface area (Å²) in [4.78, 5) is 0. The van der Waals surface area contributed by atoms with E-state index < -0.39 is 0 Å². The van der Waals surface area contributed by atoms with E-state index in [9.17, 15) is 0 Å². The Hall–Kier alpha value is -2.20. The second-order valence-corrected chi connectivity index (χ2v) is 6.79. The van der Waals surface area contributed by atoms with Gasteiger partial charge < -0.3 is 9.47 Å². The Morgan fingerprint density at radius 2 is 2.08 bits per heavy atom. The minimum atomic E-state index is 0.424. The molecule has 3 rings (SSSR count). The lowest BCUT2D eigenvalue weighted by molar-refractivity contribution is 0.308. The molecule has 8 heteroatoms. The van der Waals surface area contributed by atoms with E-state index in [0.717, 1.165) is 20.4 Å². The Labute approximate surface area is 170 Å². The summed E-state index contributed by atoms with van der Waals surface area (Å²) in [6.45, 7) is 2.51. The molecule has 0 fully saturated rings. The van der Waals surface area contributed by atoms with Crippen molar-refractivity contribution in [1.29, 1.82) is 0 Å². The maximum atomic E-state index is 5.65. The van der Waals surface area contributed by atoms with Crippen LogP contribution in [0.3, 0.4) is 0 Å². The number of hydrogen-bond acceptors (Lipinski definition) is 5. The van der Waals surface area contributed by atoms with E-state index in [-0.39, 0.29) is 0 Å². The maximum Gasteiger partial charge on any atom is 0.216 e. The topological polar surface area (TPSA) is 64.4 Å². The van der Waals surface area contributed by atoms with Crippen LogP contribution in [-0.4, -0.2) is 34.8 Å². The van der Waals surface area contributed by atoms with Crippen molar-refractivity contribution in [2.45, 2.75) is 6.92 Å². The van der Waals surface area contributed by atoms with E-state index in [1.807, 2.05) is 49.4 Å². The highest BCUT2D eigenvalue weighted by molar-refractivity contribution is 14.1. The summed E-state index contributed by atoms with van der Waals surface area (Å²) in [6, 6.07) is 13.6. The summed E-state index contributed by atoms with van der Waals surface area (Å²) < 4.78 is 14.1. The normalized spacial score (nSPS) is 11.0. The van der Waals surface area contributed by atoms with Crippen LogP contribution in [0.2, 0.25) is 0 Å². The summed E-state index contributed by atoms with van der Waals surface area (Å²) in [5.41, 5.74) is 1.80. The molecular weight excluding hydrogens is 463 g/mol. The number of nitrogens with zero attached hydrogens (tertiary/aromatic N) is 3. The maximum absolute atomic E-state index is 5.65. The highest BCUT2D eigenvalue weighted by atomic mass is 127. The SMILES string of the molecule is CCOc1c(I)cc(/C=N\n2c(-c3ccccc3)n[nH]c2=S)cc1OC. The van der Waals surface area contributed by atoms with Crippen LogP contribution in [0.5, 0.6) is 11.5 Å². The van der Waals surface area contributed by atoms with Crippen molar-refractivity contribution in [1.82, 2.24) is 14.9 Å². The fraction of sp³-hybridized carbons (Fsp3) is 0.167. The Bertz CT molecular complexity index is 983. The first-order chi connectivity index (χ1) is 12.6. The number of methoxy groups -OCH3 is 1. The van der Waals surface area contributed by atoms with Crippen LogP contribution in [0.4, 0.5) is 0 Å². The molecule has 3 aromatic rings. The highest BCUT2D eigenvalue weighted by Crippen LogP contribution is 2.33. The molecule has 6 nitrogen and oxygen atoms in total. The lowest BCUT2D eigenvalue weighted by Crippen LogP contribution is -2.00. The number of benzene rings is 2. The first-order valence-electron chi connectivity index (χ1n) is 7.91. The predicted molar refractivity (Wildman–Crippen MR) is 113 cm³/mol. The molecule has 0 aliphatic rings. The minimum Gasteiger partial charge on any atom is -0.493 e. The van der Waals surface area contributed by atoms with Crippen molar-refractivity contribution in [3.8, 4) is 22.9 Å². The zero-order chi connectivity index (χ0) is 18.5. The van der Waals surface area contributed by atoms with Crippen LogP contribution < -0.4 is 9.47 Å². The quantitative estimate of drug-likeness (QED) is 0.321. The molecular formula is C18H17IN4O2S. The van der Waals surface area contributed by atoms with Crippen LogP contribution >= 0.6 is 34.8 Å². The van der Waals surface area contributed by atoms with Gasteiger partial charge in [-0.15, -0.1) is 0 Å². The van der Waals surface area contributed by atoms with Gasteiger partial charge in [0, 0.05) is 5.56 Å². The van der Waals surface area contributed by atoms with Crippen LogP contribution in [-0.2, 0) is 0 Å². The molecule has 0 saturated heterocycles. The average Bonchev–Trinajstić information content (AvgIpc) is 3.03. The molecule has 0 atom stereocenters. The van der Waals surface area contributed by atoms with Crippen molar-refractivity contribution in [3.63, 3.8) is 0 Å². The van der Waals surface area contributed by atoms with Gasteiger partial charge in [0.15, 0.2) is 17.3 Å². The largest absolute Gasteiger partial charge is 0.493 e. The van der Waals surface area contributed by atoms with Crippen molar-refractivity contribution >= 4 is 41.0 Å². The fourth-order valence-electron chi connectivity index (χ4n) is 2.40. The lowest BCUT2D eigenvalue weighted by Gasteiger charge is -2.12. The standard InChI is InChI=1S/C18H17IN4O2S/c1-3-25-16-14(19)9-12(10-15(16)24-2)11-20-23-17(21-22-18(23)26)13-7-5-4-6-8-13/h4-11H,3H2,1-2H3,(H,22,26)/b20-11-. The third kappa shape index (κ3) is 3.96. The molecule has 0 aliphatic carbocycles. The van der Waals surface area contributed by atoms with Gasteiger partial charge in [0.25, 0.3) is 0 Å². The molecule has 1 aromatic heterocycles. The Morgan fingerprint density at radius 3 is 2.77 bits per heavy atom. The molecule has 0 spiro atoms. The summed E-state index contributed by atoms with van der Waals surface area (Å²) >= 11 is 7.52. The average molecular weight is 480 g/mol. The monoisotopic (exact) mass is 480 g/mol. The Morgan fingerprint density at radius 1 is 1.31 bits per heavy atom.